The van der Waals surface area contributed by atoms with Crippen molar-refractivity contribution in [2.45, 2.75) is 24.3 Å². The van der Waals surface area contributed by atoms with E-state index in [-0.39, 0.29) is 12.4 Å². The largest absolute Gasteiger partial charge is 0.398 e. The maximum absolute atomic E-state index is 12.3. The zero-order chi connectivity index (χ0) is 17.3. The third-order valence-electron chi connectivity index (χ3n) is 4.43. The minimum absolute atomic E-state index is 0. The number of fused-ring (bicyclic) bond motifs is 1. The SMILES string of the molecule is CN(C)S(=O)(=O)c1cccc(CN2CCCc3c(N)cccc32)c1.Cl. The lowest BCUT2D eigenvalue weighted by atomic mass is 9.99. The summed E-state index contributed by atoms with van der Waals surface area (Å²) in [6.07, 6.45) is 2.05. The summed E-state index contributed by atoms with van der Waals surface area (Å²) in [5.74, 6) is 0. The molecule has 0 saturated carbocycles. The van der Waals surface area contributed by atoms with Gasteiger partial charge in [-0.25, -0.2) is 12.7 Å². The second-order valence-electron chi connectivity index (χ2n) is 6.30. The second kappa shape index (κ2) is 7.64. The van der Waals surface area contributed by atoms with Crippen LogP contribution in [0.1, 0.15) is 17.5 Å². The molecule has 0 aliphatic carbocycles. The zero-order valence-electron chi connectivity index (χ0n) is 14.5. The molecule has 0 saturated heterocycles. The Labute approximate surface area is 155 Å². The molecule has 2 aromatic carbocycles. The number of anilines is 2. The standard InChI is InChI=1S/C18H23N3O2S.ClH/c1-20(2)24(22,23)15-7-3-6-14(12-15)13-21-11-5-8-16-17(19)9-4-10-18(16)21;/h3-4,6-7,9-10,12H,5,8,11,13,19H2,1-2H3;1H. The number of rotatable bonds is 4. The molecule has 1 aliphatic rings. The summed E-state index contributed by atoms with van der Waals surface area (Å²) in [6.45, 7) is 1.62. The highest BCUT2D eigenvalue weighted by molar-refractivity contribution is 7.89. The Balaban J connectivity index is 0.00000225. The second-order valence-corrected chi connectivity index (χ2v) is 8.46. The summed E-state index contributed by atoms with van der Waals surface area (Å²) in [6, 6.07) is 13.2. The fourth-order valence-electron chi connectivity index (χ4n) is 3.13. The number of benzene rings is 2. The van der Waals surface area contributed by atoms with Crippen molar-refractivity contribution in [3.63, 3.8) is 0 Å². The van der Waals surface area contributed by atoms with E-state index in [1.807, 2.05) is 18.2 Å². The number of nitrogen functional groups attached to an aromatic ring is 1. The van der Waals surface area contributed by atoms with Crippen LogP contribution in [0.2, 0.25) is 0 Å². The lowest BCUT2D eigenvalue weighted by Gasteiger charge is -2.32. The van der Waals surface area contributed by atoms with Gasteiger partial charge in [-0.3, -0.25) is 0 Å². The molecule has 0 spiro atoms. The molecule has 1 heterocycles. The average molecular weight is 382 g/mol. The molecule has 0 bridgehead atoms. The topological polar surface area (TPSA) is 66.6 Å². The van der Waals surface area contributed by atoms with Gasteiger partial charge in [-0.15, -0.1) is 12.4 Å². The van der Waals surface area contributed by atoms with Crippen molar-refractivity contribution in [1.29, 1.82) is 0 Å². The summed E-state index contributed by atoms with van der Waals surface area (Å²) in [7, 11) is -0.318. The van der Waals surface area contributed by atoms with E-state index in [9.17, 15) is 8.42 Å². The monoisotopic (exact) mass is 381 g/mol. The molecule has 7 heteroatoms. The molecule has 0 radical (unpaired) electrons. The van der Waals surface area contributed by atoms with Gasteiger partial charge in [0.1, 0.15) is 0 Å². The lowest BCUT2D eigenvalue weighted by molar-refractivity contribution is 0.520. The van der Waals surface area contributed by atoms with Gasteiger partial charge in [-0.2, -0.15) is 0 Å². The van der Waals surface area contributed by atoms with Gasteiger partial charge < -0.3 is 10.6 Å². The first-order valence-corrected chi connectivity index (χ1v) is 9.47. The van der Waals surface area contributed by atoms with Crippen molar-refractivity contribution in [2.75, 3.05) is 31.3 Å². The van der Waals surface area contributed by atoms with E-state index < -0.39 is 10.0 Å². The highest BCUT2D eigenvalue weighted by atomic mass is 35.5. The van der Waals surface area contributed by atoms with Crippen LogP contribution in [0.5, 0.6) is 0 Å². The molecule has 0 amide bonds. The number of nitrogens with zero attached hydrogens (tertiary/aromatic N) is 2. The molecule has 3 rings (SSSR count). The molecule has 0 atom stereocenters. The van der Waals surface area contributed by atoms with Gasteiger partial charge in [0.15, 0.2) is 0 Å². The Morgan fingerprint density at radius 2 is 1.88 bits per heavy atom. The van der Waals surface area contributed by atoms with Crippen molar-refractivity contribution in [3.05, 3.63) is 53.6 Å². The van der Waals surface area contributed by atoms with Crippen molar-refractivity contribution in [2.24, 2.45) is 0 Å². The number of halogens is 1. The van der Waals surface area contributed by atoms with E-state index >= 15 is 0 Å². The summed E-state index contributed by atoms with van der Waals surface area (Å²) < 4.78 is 25.9. The maximum atomic E-state index is 12.3. The predicted molar refractivity (Wildman–Crippen MR) is 105 cm³/mol. The predicted octanol–water partition coefficient (Wildman–Crippen LogP) is 2.89. The van der Waals surface area contributed by atoms with Crippen LogP contribution in [0.3, 0.4) is 0 Å². The van der Waals surface area contributed by atoms with E-state index in [1.165, 1.54) is 9.87 Å². The van der Waals surface area contributed by atoms with E-state index in [0.717, 1.165) is 36.3 Å². The van der Waals surface area contributed by atoms with Crippen LogP contribution < -0.4 is 10.6 Å². The quantitative estimate of drug-likeness (QED) is 0.827. The summed E-state index contributed by atoms with van der Waals surface area (Å²) in [5.41, 5.74) is 10.3. The number of hydrogen-bond donors (Lipinski definition) is 1. The molecule has 136 valence electrons. The van der Waals surface area contributed by atoms with Crippen molar-refractivity contribution in [3.8, 4) is 0 Å². The van der Waals surface area contributed by atoms with Gasteiger partial charge in [0.25, 0.3) is 0 Å². The van der Waals surface area contributed by atoms with Crippen LogP contribution in [0.4, 0.5) is 11.4 Å². The van der Waals surface area contributed by atoms with E-state index in [4.69, 9.17) is 5.73 Å². The smallest absolute Gasteiger partial charge is 0.242 e. The molecule has 25 heavy (non-hydrogen) atoms. The van der Waals surface area contributed by atoms with Gasteiger partial charge in [0, 0.05) is 38.6 Å². The Kier molecular flexibility index (Phi) is 5.98. The van der Waals surface area contributed by atoms with Crippen LogP contribution in [0.25, 0.3) is 0 Å². The molecule has 2 aromatic rings. The maximum Gasteiger partial charge on any atom is 0.242 e. The van der Waals surface area contributed by atoms with E-state index in [0.29, 0.717) is 11.4 Å². The van der Waals surface area contributed by atoms with Crippen LogP contribution in [-0.4, -0.2) is 33.4 Å². The number of sulfonamides is 1. The third kappa shape index (κ3) is 3.92. The first-order valence-electron chi connectivity index (χ1n) is 8.03. The van der Waals surface area contributed by atoms with Gasteiger partial charge >= 0.3 is 0 Å². The minimum atomic E-state index is -3.41. The normalized spacial score (nSPS) is 14.1. The highest BCUT2D eigenvalue weighted by Crippen LogP contribution is 2.32. The van der Waals surface area contributed by atoms with Crippen molar-refractivity contribution < 1.29 is 8.42 Å². The molecular weight excluding hydrogens is 358 g/mol. The van der Waals surface area contributed by atoms with Crippen LogP contribution in [0.15, 0.2) is 47.4 Å². The fraction of sp³-hybridized carbons (Fsp3) is 0.333. The Morgan fingerprint density at radius 3 is 2.60 bits per heavy atom. The first-order chi connectivity index (χ1) is 11.4. The third-order valence-corrected chi connectivity index (χ3v) is 6.24. The minimum Gasteiger partial charge on any atom is -0.398 e. The Bertz CT molecular complexity index is 853. The van der Waals surface area contributed by atoms with Crippen molar-refractivity contribution >= 4 is 33.8 Å². The summed E-state index contributed by atoms with van der Waals surface area (Å²) in [4.78, 5) is 2.60. The molecule has 2 N–H and O–H groups in total. The molecule has 0 fully saturated rings. The molecule has 5 nitrogen and oxygen atoms in total. The van der Waals surface area contributed by atoms with Crippen LogP contribution in [0, 0.1) is 0 Å². The Hall–Kier alpha value is -1.76. The summed E-state index contributed by atoms with van der Waals surface area (Å²) >= 11 is 0. The zero-order valence-corrected chi connectivity index (χ0v) is 16.1. The number of nitrogens with two attached hydrogens (primary N) is 1. The molecule has 0 aromatic heterocycles. The van der Waals surface area contributed by atoms with Crippen molar-refractivity contribution in [1.82, 2.24) is 4.31 Å². The summed E-state index contributed by atoms with van der Waals surface area (Å²) in [5, 5.41) is 0. The van der Waals surface area contributed by atoms with Crippen LogP contribution in [-0.2, 0) is 23.0 Å². The van der Waals surface area contributed by atoms with Gasteiger partial charge in [-0.05, 0) is 48.2 Å². The van der Waals surface area contributed by atoms with Gasteiger partial charge in [0.2, 0.25) is 10.0 Å². The van der Waals surface area contributed by atoms with E-state index in [1.54, 1.807) is 32.3 Å². The first kappa shape index (κ1) is 19.6. The Morgan fingerprint density at radius 1 is 1.16 bits per heavy atom. The average Bonchev–Trinajstić information content (AvgIpc) is 2.56. The van der Waals surface area contributed by atoms with Gasteiger partial charge in [0.05, 0.1) is 4.90 Å². The molecule has 1 aliphatic heterocycles. The highest BCUT2D eigenvalue weighted by Gasteiger charge is 2.20. The molecule has 0 unspecified atom stereocenters. The lowest BCUT2D eigenvalue weighted by Crippen LogP contribution is -2.29. The van der Waals surface area contributed by atoms with Gasteiger partial charge in [-0.1, -0.05) is 18.2 Å². The fourth-order valence-corrected chi connectivity index (χ4v) is 4.10. The molecular formula is C18H24ClN3O2S. The number of hydrogen-bond acceptors (Lipinski definition) is 4. The van der Waals surface area contributed by atoms with Crippen LogP contribution >= 0.6 is 12.4 Å². The van der Waals surface area contributed by atoms with E-state index in [2.05, 4.69) is 11.0 Å².